The molecule has 0 aliphatic carbocycles. The number of hydrogen-bond donors (Lipinski definition) is 2. The SMILES string of the molecule is COc1ccc(C2NCc3ccc4c(c3-n3cccc32)OCO4)cc1O.[Cl-]. The van der Waals surface area contributed by atoms with Gasteiger partial charge in [-0.05, 0) is 41.5 Å². The number of nitrogens with zero attached hydrogens (tertiary/aromatic N) is 1. The number of benzene rings is 2. The molecule has 2 N–H and O–H groups in total. The Labute approximate surface area is 162 Å². The predicted octanol–water partition coefficient (Wildman–Crippen LogP) is 0.117. The molecule has 1 unspecified atom stereocenters. The van der Waals surface area contributed by atoms with Crippen LogP contribution in [-0.4, -0.2) is 23.6 Å². The molecule has 2 aliphatic heterocycles. The zero-order valence-electron chi connectivity index (χ0n) is 14.6. The molecule has 5 rings (SSSR count). The van der Waals surface area contributed by atoms with Crippen molar-refractivity contribution in [2.45, 2.75) is 12.6 Å². The van der Waals surface area contributed by atoms with Crippen molar-refractivity contribution in [3.8, 4) is 28.7 Å². The first-order chi connectivity index (χ1) is 12.8. The number of phenols is 1. The lowest BCUT2D eigenvalue weighted by molar-refractivity contribution is -0.00000781. The number of hydrogen-bond acceptors (Lipinski definition) is 5. The van der Waals surface area contributed by atoms with Crippen molar-refractivity contribution in [1.29, 1.82) is 0 Å². The summed E-state index contributed by atoms with van der Waals surface area (Å²) >= 11 is 0. The zero-order valence-corrected chi connectivity index (χ0v) is 15.4. The highest BCUT2D eigenvalue weighted by molar-refractivity contribution is 5.63. The summed E-state index contributed by atoms with van der Waals surface area (Å²) in [7, 11) is 1.54. The van der Waals surface area contributed by atoms with Gasteiger partial charge >= 0.3 is 0 Å². The molecule has 0 spiro atoms. The largest absolute Gasteiger partial charge is 1.00 e. The van der Waals surface area contributed by atoms with Gasteiger partial charge < -0.3 is 41.6 Å². The summed E-state index contributed by atoms with van der Waals surface area (Å²) in [5.41, 5.74) is 4.17. The fourth-order valence-electron chi connectivity index (χ4n) is 3.73. The number of nitrogens with one attached hydrogen (secondary N) is 1. The van der Waals surface area contributed by atoms with Crippen LogP contribution >= 0.6 is 0 Å². The Bertz CT molecular complexity index is 1000. The van der Waals surface area contributed by atoms with Crippen LogP contribution in [0.5, 0.6) is 23.0 Å². The lowest BCUT2D eigenvalue weighted by Crippen LogP contribution is -3.00. The van der Waals surface area contributed by atoms with E-state index >= 15 is 0 Å². The molecular formula is C20H18ClN2O4-. The van der Waals surface area contributed by atoms with E-state index in [1.807, 2.05) is 24.4 Å². The van der Waals surface area contributed by atoms with Crippen molar-refractivity contribution in [3.63, 3.8) is 0 Å². The zero-order chi connectivity index (χ0) is 17.7. The smallest absolute Gasteiger partial charge is 0.231 e. The van der Waals surface area contributed by atoms with Gasteiger partial charge in [-0.3, -0.25) is 0 Å². The van der Waals surface area contributed by atoms with E-state index in [0.29, 0.717) is 12.3 Å². The summed E-state index contributed by atoms with van der Waals surface area (Å²) in [4.78, 5) is 0. The Morgan fingerprint density at radius 1 is 1.19 bits per heavy atom. The topological polar surface area (TPSA) is 64.9 Å². The molecule has 27 heavy (non-hydrogen) atoms. The van der Waals surface area contributed by atoms with E-state index in [-0.39, 0.29) is 31.0 Å². The van der Waals surface area contributed by atoms with Crippen LogP contribution in [0, 0.1) is 0 Å². The maximum Gasteiger partial charge on any atom is 0.231 e. The molecule has 1 atom stereocenters. The first-order valence-corrected chi connectivity index (χ1v) is 8.45. The molecule has 1 aromatic heterocycles. The van der Waals surface area contributed by atoms with Crippen LogP contribution in [0.4, 0.5) is 0 Å². The molecule has 2 aromatic carbocycles. The summed E-state index contributed by atoms with van der Waals surface area (Å²) in [5.74, 6) is 2.14. The number of aromatic nitrogens is 1. The van der Waals surface area contributed by atoms with Crippen molar-refractivity contribution in [1.82, 2.24) is 9.88 Å². The second-order valence-electron chi connectivity index (χ2n) is 6.36. The minimum absolute atomic E-state index is 0. The number of fused-ring (bicyclic) bond motifs is 5. The van der Waals surface area contributed by atoms with Crippen molar-refractivity contribution in [2.75, 3.05) is 13.9 Å². The number of halogens is 1. The molecule has 3 heterocycles. The molecule has 0 bridgehead atoms. The summed E-state index contributed by atoms with van der Waals surface area (Å²) in [6.07, 6.45) is 2.03. The molecule has 3 aromatic rings. The van der Waals surface area contributed by atoms with Gasteiger partial charge in [0.2, 0.25) is 6.79 Å². The minimum atomic E-state index is -0.0767. The van der Waals surface area contributed by atoms with Gasteiger partial charge in [0.1, 0.15) is 0 Å². The lowest BCUT2D eigenvalue weighted by atomic mass is 10.0. The molecule has 0 radical (unpaired) electrons. The van der Waals surface area contributed by atoms with Gasteiger partial charge in [-0.25, -0.2) is 0 Å². The van der Waals surface area contributed by atoms with Gasteiger partial charge in [0.15, 0.2) is 23.0 Å². The highest BCUT2D eigenvalue weighted by Crippen LogP contribution is 2.43. The maximum atomic E-state index is 10.2. The quantitative estimate of drug-likeness (QED) is 0.656. The average molecular weight is 386 g/mol. The Morgan fingerprint density at radius 3 is 2.89 bits per heavy atom. The summed E-state index contributed by atoms with van der Waals surface area (Å²) in [6.45, 7) is 0.913. The van der Waals surface area contributed by atoms with Crippen molar-refractivity contribution in [2.24, 2.45) is 0 Å². The molecule has 2 aliphatic rings. The second kappa shape index (κ2) is 6.72. The highest BCUT2D eigenvalue weighted by atomic mass is 35.5. The summed E-state index contributed by atoms with van der Waals surface area (Å²) in [6, 6.07) is 13.5. The van der Waals surface area contributed by atoms with Crippen molar-refractivity contribution >= 4 is 0 Å². The number of methoxy groups -OCH3 is 1. The third kappa shape index (κ3) is 2.69. The van der Waals surface area contributed by atoms with Gasteiger partial charge in [-0.2, -0.15) is 0 Å². The van der Waals surface area contributed by atoms with Crippen LogP contribution in [0.15, 0.2) is 48.7 Å². The Balaban J connectivity index is 0.00000180. The Morgan fingerprint density at radius 2 is 2.07 bits per heavy atom. The van der Waals surface area contributed by atoms with Crippen LogP contribution in [0.2, 0.25) is 0 Å². The molecule has 140 valence electrons. The van der Waals surface area contributed by atoms with E-state index in [0.717, 1.165) is 34.0 Å². The van der Waals surface area contributed by atoms with E-state index in [1.165, 1.54) is 0 Å². The molecule has 0 saturated carbocycles. The van der Waals surface area contributed by atoms with Gasteiger partial charge in [-0.15, -0.1) is 0 Å². The third-order valence-corrected chi connectivity index (χ3v) is 4.95. The van der Waals surface area contributed by atoms with E-state index in [4.69, 9.17) is 14.2 Å². The molecule has 0 fully saturated rings. The van der Waals surface area contributed by atoms with Crippen LogP contribution in [-0.2, 0) is 6.54 Å². The molecular weight excluding hydrogens is 368 g/mol. The number of rotatable bonds is 2. The predicted molar refractivity (Wildman–Crippen MR) is 95.2 cm³/mol. The van der Waals surface area contributed by atoms with Crippen LogP contribution in [0.3, 0.4) is 0 Å². The number of phenolic OH excluding ortho intramolecular Hbond substituents is 1. The van der Waals surface area contributed by atoms with E-state index < -0.39 is 0 Å². The third-order valence-electron chi connectivity index (χ3n) is 4.95. The number of ether oxygens (including phenoxy) is 3. The van der Waals surface area contributed by atoms with Gasteiger partial charge in [-0.1, -0.05) is 12.1 Å². The second-order valence-corrected chi connectivity index (χ2v) is 6.36. The van der Waals surface area contributed by atoms with Crippen LogP contribution in [0.25, 0.3) is 5.69 Å². The fourth-order valence-corrected chi connectivity index (χ4v) is 3.73. The fraction of sp³-hybridized carbons (Fsp3) is 0.200. The van der Waals surface area contributed by atoms with Gasteiger partial charge in [0.25, 0.3) is 0 Å². The van der Waals surface area contributed by atoms with E-state index in [1.54, 1.807) is 19.2 Å². The first-order valence-electron chi connectivity index (χ1n) is 8.45. The highest BCUT2D eigenvalue weighted by Gasteiger charge is 2.29. The monoisotopic (exact) mass is 385 g/mol. The lowest BCUT2D eigenvalue weighted by Gasteiger charge is -2.19. The molecule has 7 heteroatoms. The van der Waals surface area contributed by atoms with Gasteiger partial charge in [0.05, 0.1) is 18.8 Å². The molecule has 0 saturated heterocycles. The van der Waals surface area contributed by atoms with Crippen LogP contribution in [0.1, 0.15) is 22.9 Å². The van der Waals surface area contributed by atoms with E-state index in [9.17, 15) is 5.11 Å². The standard InChI is InChI=1S/C20H18N2O4.ClH/c1-24-16-6-4-12(9-15(16)23)18-14-3-2-8-22(14)19-13(10-21-18)5-7-17-20(19)26-11-25-17;/h2-9,18,21,23H,10-11H2,1H3;1H/p-1. The molecule has 0 amide bonds. The van der Waals surface area contributed by atoms with Crippen molar-refractivity contribution < 1.29 is 31.7 Å². The van der Waals surface area contributed by atoms with Crippen molar-refractivity contribution in [3.05, 3.63) is 65.5 Å². The normalized spacial score (nSPS) is 16.7. The maximum absolute atomic E-state index is 10.2. The minimum Gasteiger partial charge on any atom is -1.00 e. The Hall–Kier alpha value is -2.83. The Kier molecular flexibility index (Phi) is 4.37. The first kappa shape index (κ1) is 17.6. The van der Waals surface area contributed by atoms with Crippen LogP contribution < -0.4 is 31.9 Å². The summed E-state index contributed by atoms with van der Waals surface area (Å²) < 4.78 is 18.6. The number of aromatic hydroxyl groups is 1. The van der Waals surface area contributed by atoms with E-state index in [2.05, 4.69) is 22.0 Å². The summed E-state index contributed by atoms with van der Waals surface area (Å²) in [5, 5.41) is 13.8. The molecule has 6 nitrogen and oxygen atoms in total. The van der Waals surface area contributed by atoms with Gasteiger partial charge in [0, 0.05) is 18.4 Å². The average Bonchev–Trinajstić information content (AvgIpc) is 3.29.